The molecule has 0 saturated carbocycles. The molecule has 17 heavy (non-hydrogen) atoms. The number of hydrogen-bond donors (Lipinski definition) is 0. The Morgan fingerprint density at radius 2 is 2.00 bits per heavy atom. The fourth-order valence-corrected chi connectivity index (χ4v) is 2.36. The van der Waals surface area contributed by atoms with E-state index in [2.05, 4.69) is 18.7 Å². The Hall–Kier alpha value is -1.40. The third kappa shape index (κ3) is 2.65. The Bertz CT molecular complexity index is 440. The Morgan fingerprint density at radius 3 is 2.53 bits per heavy atom. The predicted molar refractivity (Wildman–Crippen MR) is 64.7 cm³/mol. The van der Waals surface area contributed by atoms with Crippen LogP contribution in [0.2, 0.25) is 0 Å². The summed E-state index contributed by atoms with van der Waals surface area (Å²) in [5.41, 5.74) is 1.07. The van der Waals surface area contributed by atoms with Crippen LogP contribution < -0.4 is 0 Å². The van der Waals surface area contributed by atoms with E-state index in [0.717, 1.165) is 13.1 Å². The van der Waals surface area contributed by atoms with Crippen LogP contribution in [-0.2, 0) is 6.54 Å². The van der Waals surface area contributed by atoms with Gasteiger partial charge < -0.3 is 0 Å². The largest absolute Gasteiger partial charge is 0.298 e. The van der Waals surface area contributed by atoms with E-state index in [9.17, 15) is 4.39 Å². The first-order valence-electron chi connectivity index (χ1n) is 6.01. The molecule has 1 aliphatic rings. The maximum absolute atomic E-state index is 13.7. The van der Waals surface area contributed by atoms with Crippen molar-refractivity contribution in [2.75, 3.05) is 13.1 Å². The lowest BCUT2D eigenvalue weighted by atomic mass is 10.0. The fourth-order valence-electron chi connectivity index (χ4n) is 2.36. The second-order valence-electron chi connectivity index (χ2n) is 5.07. The van der Waals surface area contributed by atoms with Crippen LogP contribution in [0.3, 0.4) is 0 Å². The van der Waals surface area contributed by atoms with Crippen LogP contribution in [0.1, 0.15) is 25.0 Å². The van der Waals surface area contributed by atoms with E-state index < -0.39 is 0 Å². The third-order valence-electron chi connectivity index (χ3n) is 3.64. The van der Waals surface area contributed by atoms with Gasteiger partial charge in [-0.15, -0.1) is 0 Å². The summed E-state index contributed by atoms with van der Waals surface area (Å²) in [6.07, 6.45) is 0. The molecular weight excluding hydrogens is 215 g/mol. The Balaban J connectivity index is 2.07. The minimum absolute atomic E-state index is 0.267. The normalized spacial score (nSPS) is 24.8. The van der Waals surface area contributed by atoms with Crippen molar-refractivity contribution in [3.05, 3.63) is 35.1 Å². The molecule has 2 nitrogen and oxygen atoms in total. The number of nitrogens with zero attached hydrogens (tertiary/aromatic N) is 2. The van der Waals surface area contributed by atoms with Gasteiger partial charge in [0, 0.05) is 25.2 Å². The lowest BCUT2D eigenvalue weighted by molar-refractivity contribution is 0.311. The van der Waals surface area contributed by atoms with Crippen LogP contribution in [-0.4, -0.2) is 18.0 Å². The minimum Gasteiger partial charge on any atom is -0.298 e. The van der Waals surface area contributed by atoms with E-state index in [4.69, 9.17) is 5.26 Å². The molecule has 0 radical (unpaired) electrons. The van der Waals surface area contributed by atoms with Gasteiger partial charge in [0.15, 0.2) is 0 Å². The molecule has 90 valence electrons. The quantitative estimate of drug-likeness (QED) is 0.784. The summed E-state index contributed by atoms with van der Waals surface area (Å²) in [4.78, 5) is 2.28. The summed E-state index contributed by atoms with van der Waals surface area (Å²) in [5.74, 6) is 1.09. The van der Waals surface area contributed by atoms with E-state index in [-0.39, 0.29) is 5.82 Å². The van der Waals surface area contributed by atoms with Gasteiger partial charge in [0.1, 0.15) is 5.82 Å². The van der Waals surface area contributed by atoms with Gasteiger partial charge in [0.2, 0.25) is 0 Å². The third-order valence-corrected chi connectivity index (χ3v) is 3.64. The zero-order valence-electron chi connectivity index (χ0n) is 10.3. The van der Waals surface area contributed by atoms with Crippen LogP contribution in [0.5, 0.6) is 0 Å². The molecule has 1 fully saturated rings. The number of nitriles is 1. The van der Waals surface area contributed by atoms with Gasteiger partial charge in [-0.05, 0) is 24.0 Å². The van der Waals surface area contributed by atoms with Crippen molar-refractivity contribution in [3.8, 4) is 6.07 Å². The highest BCUT2D eigenvalue weighted by Gasteiger charge is 2.26. The Kier molecular flexibility index (Phi) is 3.44. The molecule has 0 spiro atoms. The lowest BCUT2D eigenvalue weighted by Gasteiger charge is -2.15. The molecule has 2 atom stereocenters. The van der Waals surface area contributed by atoms with Gasteiger partial charge in [-0.25, -0.2) is 4.39 Å². The highest BCUT2D eigenvalue weighted by atomic mass is 19.1. The van der Waals surface area contributed by atoms with Gasteiger partial charge in [-0.2, -0.15) is 5.26 Å². The minimum atomic E-state index is -0.267. The van der Waals surface area contributed by atoms with E-state index in [1.165, 1.54) is 6.07 Å². The second-order valence-corrected chi connectivity index (χ2v) is 5.07. The van der Waals surface area contributed by atoms with Crippen molar-refractivity contribution in [3.63, 3.8) is 0 Å². The van der Waals surface area contributed by atoms with Crippen LogP contribution in [0.25, 0.3) is 0 Å². The molecule has 2 rings (SSSR count). The van der Waals surface area contributed by atoms with Gasteiger partial charge in [0.25, 0.3) is 0 Å². The van der Waals surface area contributed by atoms with Crippen LogP contribution >= 0.6 is 0 Å². The molecule has 1 aromatic rings. The van der Waals surface area contributed by atoms with E-state index in [1.807, 2.05) is 6.07 Å². The lowest BCUT2D eigenvalue weighted by Crippen LogP contribution is -2.20. The van der Waals surface area contributed by atoms with Crippen LogP contribution in [0, 0.1) is 29.0 Å². The number of hydrogen-bond acceptors (Lipinski definition) is 2. The zero-order chi connectivity index (χ0) is 12.4. The topological polar surface area (TPSA) is 27.0 Å². The Labute approximate surface area is 102 Å². The molecule has 0 aliphatic carbocycles. The summed E-state index contributed by atoms with van der Waals surface area (Å²) >= 11 is 0. The van der Waals surface area contributed by atoms with Crippen LogP contribution in [0.4, 0.5) is 4.39 Å². The summed E-state index contributed by atoms with van der Waals surface area (Å²) in [6.45, 7) is 7.17. The maximum Gasteiger partial charge on any atom is 0.129 e. The summed E-state index contributed by atoms with van der Waals surface area (Å²) < 4.78 is 13.7. The molecule has 1 heterocycles. The Morgan fingerprint density at radius 1 is 1.35 bits per heavy atom. The summed E-state index contributed by atoms with van der Waals surface area (Å²) in [5, 5.41) is 8.68. The molecule has 0 bridgehead atoms. The first-order chi connectivity index (χ1) is 8.10. The maximum atomic E-state index is 13.7. The van der Waals surface area contributed by atoms with Crippen LogP contribution in [0.15, 0.2) is 18.2 Å². The monoisotopic (exact) mass is 232 g/mol. The average molecular weight is 232 g/mol. The van der Waals surface area contributed by atoms with Crippen molar-refractivity contribution in [2.45, 2.75) is 20.4 Å². The zero-order valence-corrected chi connectivity index (χ0v) is 10.3. The standard InChI is InChI=1S/C14H17FN2/c1-10-7-17(8-11(10)2)9-13-4-3-12(6-16)5-14(13)15/h3-5,10-11H,7-9H2,1-2H3. The van der Waals surface area contributed by atoms with Crippen molar-refractivity contribution < 1.29 is 4.39 Å². The number of likely N-dealkylation sites (tertiary alicyclic amines) is 1. The van der Waals surface area contributed by atoms with Gasteiger partial charge in [0.05, 0.1) is 11.6 Å². The molecule has 0 N–H and O–H groups in total. The van der Waals surface area contributed by atoms with E-state index >= 15 is 0 Å². The highest BCUT2D eigenvalue weighted by molar-refractivity contribution is 5.32. The number of benzene rings is 1. The predicted octanol–water partition coefficient (Wildman–Crippen LogP) is 2.79. The fraction of sp³-hybridized carbons (Fsp3) is 0.500. The summed E-state index contributed by atoms with van der Waals surface area (Å²) in [7, 11) is 0. The SMILES string of the molecule is CC1CN(Cc2ccc(C#N)cc2F)CC1C. The number of halogens is 1. The average Bonchev–Trinajstić information content (AvgIpc) is 2.61. The van der Waals surface area contributed by atoms with Crippen molar-refractivity contribution in [2.24, 2.45) is 11.8 Å². The van der Waals surface area contributed by atoms with Gasteiger partial charge in [-0.1, -0.05) is 19.9 Å². The molecule has 1 aliphatic heterocycles. The van der Waals surface area contributed by atoms with Gasteiger partial charge >= 0.3 is 0 Å². The van der Waals surface area contributed by atoms with Crippen molar-refractivity contribution >= 4 is 0 Å². The summed E-state index contributed by atoms with van der Waals surface area (Å²) in [6, 6.07) is 6.67. The smallest absolute Gasteiger partial charge is 0.129 e. The molecule has 1 saturated heterocycles. The molecule has 2 unspecified atom stereocenters. The second kappa shape index (κ2) is 4.85. The molecular formula is C14H17FN2. The number of rotatable bonds is 2. The first kappa shape index (κ1) is 12.1. The highest BCUT2D eigenvalue weighted by Crippen LogP contribution is 2.24. The van der Waals surface area contributed by atoms with E-state index in [1.54, 1.807) is 12.1 Å². The molecule has 3 heteroatoms. The van der Waals surface area contributed by atoms with Gasteiger partial charge in [-0.3, -0.25) is 4.90 Å². The molecule has 0 amide bonds. The van der Waals surface area contributed by atoms with Crippen molar-refractivity contribution in [1.29, 1.82) is 5.26 Å². The van der Waals surface area contributed by atoms with Crippen molar-refractivity contribution in [1.82, 2.24) is 4.90 Å². The first-order valence-corrected chi connectivity index (χ1v) is 6.01. The molecule has 0 aromatic heterocycles. The molecule has 1 aromatic carbocycles. The van der Waals surface area contributed by atoms with E-state index in [0.29, 0.717) is 29.5 Å².